The number of nitrogens with one attached hydrogen (secondary N) is 1. The van der Waals surface area contributed by atoms with Crippen molar-refractivity contribution in [3.63, 3.8) is 0 Å². The second-order valence-corrected chi connectivity index (χ2v) is 6.96. The lowest BCUT2D eigenvalue weighted by atomic mass is 10.2. The molecule has 1 unspecified atom stereocenters. The molecule has 0 radical (unpaired) electrons. The highest BCUT2D eigenvalue weighted by molar-refractivity contribution is 7.71. The number of nitrogens with zero attached hydrogens (tertiary/aromatic N) is 4. The SMILES string of the molecule is CCCc1nn(C)c2c1[nH]c(=S)n2C(C)c1ncc(C)s1. The predicted molar refractivity (Wildman–Crippen MR) is 88.5 cm³/mol. The van der Waals surface area contributed by atoms with Crippen LogP contribution in [0.1, 0.15) is 41.9 Å². The van der Waals surface area contributed by atoms with Crippen molar-refractivity contribution in [3.8, 4) is 0 Å². The van der Waals surface area contributed by atoms with E-state index in [1.807, 2.05) is 17.9 Å². The number of thiazole rings is 1. The van der Waals surface area contributed by atoms with Crippen LogP contribution in [0, 0.1) is 11.7 Å². The van der Waals surface area contributed by atoms with Crippen molar-refractivity contribution in [1.29, 1.82) is 0 Å². The van der Waals surface area contributed by atoms with E-state index in [4.69, 9.17) is 12.2 Å². The van der Waals surface area contributed by atoms with Gasteiger partial charge in [-0.15, -0.1) is 11.3 Å². The molecule has 0 aliphatic rings. The normalized spacial score (nSPS) is 13.1. The molecule has 3 rings (SSSR count). The minimum atomic E-state index is 0.106. The van der Waals surface area contributed by atoms with E-state index < -0.39 is 0 Å². The maximum Gasteiger partial charge on any atom is 0.179 e. The zero-order chi connectivity index (χ0) is 15.1. The van der Waals surface area contributed by atoms with Crippen LogP contribution in [0.4, 0.5) is 0 Å². The van der Waals surface area contributed by atoms with Gasteiger partial charge in [0.05, 0.1) is 11.7 Å². The molecule has 0 saturated carbocycles. The molecule has 0 saturated heterocycles. The third-order valence-corrected chi connectivity index (χ3v) is 5.02. The van der Waals surface area contributed by atoms with Gasteiger partial charge in [0.25, 0.3) is 0 Å². The highest BCUT2D eigenvalue weighted by Crippen LogP contribution is 2.28. The fraction of sp³-hybridized carbons (Fsp3) is 0.500. The molecule has 0 spiro atoms. The third kappa shape index (κ3) is 2.34. The molecular weight excluding hydrogens is 302 g/mol. The Bertz CT molecular complexity index is 835. The van der Waals surface area contributed by atoms with Gasteiger partial charge in [0.2, 0.25) is 0 Å². The van der Waals surface area contributed by atoms with Crippen LogP contribution in [0.25, 0.3) is 11.2 Å². The van der Waals surface area contributed by atoms with Crippen molar-refractivity contribution >= 4 is 34.7 Å². The first-order chi connectivity index (χ1) is 10.0. The highest BCUT2D eigenvalue weighted by Gasteiger charge is 2.20. The molecule has 1 N–H and O–H groups in total. The summed E-state index contributed by atoms with van der Waals surface area (Å²) in [7, 11) is 1.97. The van der Waals surface area contributed by atoms with Gasteiger partial charge in [0.1, 0.15) is 10.5 Å². The zero-order valence-electron chi connectivity index (χ0n) is 12.7. The van der Waals surface area contributed by atoms with Crippen LogP contribution in [-0.4, -0.2) is 24.3 Å². The van der Waals surface area contributed by atoms with Crippen LogP contribution in [0.15, 0.2) is 6.20 Å². The fourth-order valence-corrected chi connectivity index (χ4v) is 3.85. The van der Waals surface area contributed by atoms with Crippen LogP contribution in [0.5, 0.6) is 0 Å². The first-order valence-electron chi connectivity index (χ1n) is 7.11. The Morgan fingerprint density at radius 3 is 2.86 bits per heavy atom. The van der Waals surface area contributed by atoms with Crippen molar-refractivity contribution < 1.29 is 0 Å². The van der Waals surface area contributed by atoms with Crippen LogP contribution < -0.4 is 0 Å². The van der Waals surface area contributed by atoms with E-state index in [-0.39, 0.29) is 6.04 Å². The predicted octanol–water partition coefficient (Wildman–Crippen LogP) is 3.76. The molecule has 0 amide bonds. The van der Waals surface area contributed by atoms with Crippen molar-refractivity contribution in [1.82, 2.24) is 24.3 Å². The van der Waals surface area contributed by atoms with Crippen LogP contribution >= 0.6 is 23.6 Å². The number of hydrogen-bond acceptors (Lipinski definition) is 4. The number of fused-ring (bicyclic) bond motifs is 1. The van der Waals surface area contributed by atoms with Crippen molar-refractivity contribution in [3.05, 3.63) is 26.5 Å². The maximum absolute atomic E-state index is 5.54. The molecule has 0 aromatic carbocycles. The van der Waals surface area contributed by atoms with Gasteiger partial charge in [0.15, 0.2) is 10.4 Å². The largest absolute Gasteiger partial charge is 0.328 e. The van der Waals surface area contributed by atoms with Gasteiger partial charge in [-0.3, -0.25) is 9.25 Å². The Balaban J connectivity index is 2.18. The third-order valence-electron chi connectivity index (χ3n) is 3.64. The lowest BCUT2D eigenvalue weighted by Gasteiger charge is -2.11. The summed E-state index contributed by atoms with van der Waals surface area (Å²) in [5.74, 6) is 0. The van der Waals surface area contributed by atoms with E-state index in [1.54, 1.807) is 11.3 Å². The molecule has 0 aliphatic heterocycles. The van der Waals surface area contributed by atoms with Gasteiger partial charge in [-0.05, 0) is 32.5 Å². The summed E-state index contributed by atoms with van der Waals surface area (Å²) in [6.07, 6.45) is 3.94. The van der Waals surface area contributed by atoms with Crippen LogP contribution in [-0.2, 0) is 13.5 Å². The van der Waals surface area contributed by atoms with Gasteiger partial charge >= 0.3 is 0 Å². The maximum atomic E-state index is 5.54. The topological polar surface area (TPSA) is 51.4 Å². The first kappa shape index (κ1) is 14.5. The quantitative estimate of drug-likeness (QED) is 0.744. The summed E-state index contributed by atoms with van der Waals surface area (Å²) in [5, 5.41) is 5.70. The molecule has 7 heteroatoms. The molecule has 3 heterocycles. The molecule has 0 fully saturated rings. The second-order valence-electron chi connectivity index (χ2n) is 5.30. The minimum absolute atomic E-state index is 0.106. The van der Waals surface area contributed by atoms with Crippen LogP contribution in [0.3, 0.4) is 0 Å². The Labute approximate surface area is 132 Å². The summed E-state index contributed by atoms with van der Waals surface area (Å²) in [4.78, 5) is 9.04. The van der Waals surface area contributed by atoms with Gasteiger partial charge in [0, 0.05) is 18.1 Å². The first-order valence-corrected chi connectivity index (χ1v) is 8.33. The second kappa shape index (κ2) is 5.38. The highest BCUT2D eigenvalue weighted by atomic mass is 32.1. The lowest BCUT2D eigenvalue weighted by molar-refractivity contribution is 0.615. The number of rotatable bonds is 4. The molecule has 5 nitrogen and oxygen atoms in total. The lowest BCUT2D eigenvalue weighted by Crippen LogP contribution is -2.09. The number of aryl methyl sites for hydroxylation is 3. The monoisotopic (exact) mass is 321 g/mol. The summed E-state index contributed by atoms with van der Waals surface area (Å²) in [5.41, 5.74) is 3.19. The minimum Gasteiger partial charge on any atom is -0.328 e. The van der Waals surface area contributed by atoms with Crippen molar-refractivity contribution in [2.24, 2.45) is 7.05 Å². The molecule has 3 aromatic heterocycles. The van der Waals surface area contributed by atoms with Crippen molar-refractivity contribution in [2.45, 2.75) is 39.7 Å². The van der Waals surface area contributed by atoms with Gasteiger partial charge < -0.3 is 4.98 Å². The number of imidazole rings is 1. The molecular formula is C14H19N5S2. The summed E-state index contributed by atoms with van der Waals surface area (Å²) >= 11 is 7.25. The smallest absolute Gasteiger partial charge is 0.179 e. The molecule has 0 aliphatic carbocycles. The number of H-pyrrole nitrogens is 1. The van der Waals surface area contributed by atoms with E-state index in [9.17, 15) is 0 Å². The fourth-order valence-electron chi connectivity index (χ4n) is 2.68. The molecule has 3 aromatic rings. The van der Waals surface area contributed by atoms with Crippen molar-refractivity contribution in [2.75, 3.05) is 0 Å². The molecule has 1 atom stereocenters. The average Bonchev–Trinajstić information content (AvgIpc) is 3.07. The van der Waals surface area contributed by atoms with E-state index in [0.717, 1.165) is 39.5 Å². The Morgan fingerprint density at radius 2 is 2.24 bits per heavy atom. The Kier molecular flexibility index (Phi) is 3.71. The Morgan fingerprint density at radius 1 is 1.48 bits per heavy atom. The van der Waals surface area contributed by atoms with E-state index in [2.05, 4.69) is 40.4 Å². The number of aromatic nitrogens is 5. The molecule has 0 bridgehead atoms. The van der Waals surface area contributed by atoms with Gasteiger partial charge in [-0.1, -0.05) is 13.3 Å². The molecule has 21 heavy (non-hydrogen) atoms. The summed E-state index contributed by atoms with van der Waals surface area (Å²) < 4.78 is 4.77. The average molecular weight is 321 g/mol. The van der Waals surface area contributed by atoms with E-state index in [0.29, 0.717) is 0 Å². The van der Waals surface area contributed by atoms with E-state index >= 15 is 0 Å². The van der Waals surface area contributed by atoms with Gasteiger partial charge in [-0.25, -0.2) is 4.98 Å². The number of aromatic amines is 1. The zero-order valence-corrected chi connectivity index (χ0v) is 14.3. The summed E-state index contributed by atoms with van der Waals surface area (Å²) in [6.45, 7) is 6.37. The standard InChI is InChI=1S/C14H19N5S2/c1-5-6-10-11-13(18(4)17-10)19(14(20)16-11)9(3)12-15-7-8(2)21-12/h7,9H,5-6H2,1-4H3,(H,16,20). The van der Waals surface area contributed by atoms with E-state index in [1.165, 1.54) is 4.88 Å². The Hall–Kier alpha value is -1.47. The van der Waals surface area contributed by atoms with Crippen LogP contribution in [0.2, 0.25) is 0 Å². The summed E-state index contributed by atoms with van der Waals surface area (Å²) in [6, 6.07) is 0.106. The molecule has 112 valence electrons. The van der Waals surface area contributed by atoms with Gasteiger partial charge in [-0.2, -0.15) is 5.10 Å². The number of hydrogen-bond donors (Lipinski definition) is 1.